The fourth-order valence-corrected chi connectivity index (χ4v) is 1.87. The van der Waals surface area contributed by atoms with E-state index in [-0.39, 0.29) is 5.92 Å². The summed E-state index contributed by atoms with van der Waals surface area (Å²) in [7, 11) is 0. The lowest BCUT2D eigenvalue weighted by Gasteiger charge is -2.23. The molecule has 0 amide bonds. The van der Waals surface area contributed by atoms with Gasteiger partial charge in [0.05, 0.1) is 6.61 Å². The van der Waals surface area contributed by atoms with Gasteiger partial charge in [0, 0.05) is 5.92 Å². The summed E-state index contributed by atoms with van der Waals surface area (Å²) in [6, 6.07) is 0. The maximum atomic E-state index is 10.9. The molecule has 0 spiro atoms. The number of rotatable bonds is 2. The molecule has 0 aromatic carbocycles. The molecule has 1 aliphatic carbocycles. The molecule has 0 radical (unpaired) electrons. The lowest BCUT2D eigenvalue weighted by molar-refractivity contribution is -0.136. The molecular weight excluding hydrogens is 192 g/mol. The zero-order chi connectivity index (χ0) is 11.1. The van der Waals surface area contributed by atoms with Crippen molar-refractivity contribution in [3.05, 3.63) is 0 Å². The number of hydrogen-bond acceptors (Lipinski definition) is 3. The number of carbonyl (C=O) groups is 1. The Morgan fingerprint density at radius 2 is 2.13 bits per heavy atom. The van der Waals surface area contributed by atoms with Crippen LogP contribution in [0.1, 0.15) is 39.0 Å². The Kier molecular flexibility index (Phi) is 5.20. The van der Waals surface area contributed by atoms with E-state index < -0.39 is 12.1 Å². The van der Waals surface area contributed by atoms with Gasteiger partial charge >= 0.3 is 5.97 Å². The third-order valence-corrected chi connectivity index (χ3v) is 2.69. The molecule has 1 N–H and O–H groups in total. The fraction of sp³-hybridized carbons (Fsp3) is 0.750. The highest BCUT2D eigenvalue weighted by atomic mass is 16.5. The van der Waals surface area contributed by atoms with E-state index in [2.05, 4.69) is 16.6 Å². The van der Waals surface area contributed by atoms with Crippen LogP contribution in [0.15, 0.2) is 0 Å². The average Bonchev–Trinajstić information content (AvgIpc) is 2.27. The first-order chi connectivity index (χ1) is 7.24. The summed E-state index contributed by atoms with van der Waals surface area (Å²) in [6.45, 7) is 2.06. The molecule has 1 atom stereocenters. The van der Waals surface area contributed by atoms with Gasteiger partial charge in [0.15, 0.2) is 0 Å². The van der Waals surface area contributed by atoms with Crippen LogP contribution >= 0.6 is 0 Å². The van der Waals surface area contributed by atoms with E-state index in [4.69, 9.17) is 0 Å². The molecule has 0 bridgehead atoms. The second-order valence-electron chi connectivity index (χ2n) is 3.83. The SMILES string of the molecule is CCOC(=O)C#CC(O)C1CCCCC1. The van der Waals surface area contributed by atoms with Gasteiger partial charge in [-0.1, -0.05) is 25.2 Å². The third kappa shape index (κ3) is 4.35. The van der Waals surface area contributed by atoms with E-state index in [1.165, 1.54) is 6.42 Å². The van der Waals surface area contributed by atoms with E-state index in [0.717, 1.165) is 25.7 Å². The van der Waals surface area contributed by atoms with Crippen LogP contribution in [0.2, 0.25) is 0 Å². The summed E-state index contributed by atoms with van der Waals surface area (Å²) in [5.74, 6) is 4.58. The fourth-order valence-electron chi connectivity index (χ4n) is 1.87. The van der Waals surface area contributed by atoms with Crippen molar-refractivity contribution in [2.45, 2.75) is 45.1 Å². The molecule has 1 saturated carbocycles. The van der Waals surface area contributed by atoms with Gasteiger partial charge < -0.3 is 9.84 Å². The molecule has 84 valence electrons. The Bertz CT molecular complexity index is 256. The minimum atomic E-state index is -0.672. The van der Waals surface area contributed by atoms with Gasteiger partial charge in [-0.2, -0.15) is 0 Å². The number of carbonyl (C=O) groups excluding carboxylic acids is 1. The Morgan fingerprint density at radius 3 is 2.73 bits per heavy atom. The first kappa shape index (κ1) is 12.1. The summed E-state index contributed by atoms with van der Waals surface area (Å²) >= 11 is 0. The first-order valence-electron chi connectivity index (χ1n) is 5.60. The van der Waals surface area contributed by atoms with Crippen LogP contribution in [-0.2, 0) is 9.53 Å². The predicted molar refractivity (Wildman–Crippen MR) is 57.0 cm³/mol. The van der Waals surface area contributed by atoms with Gasteiger partial charge in [0.25, 0.3) is 0 Å². The predicted octanol–water partition coefficient (Wildman–Crippen LogP) is 1.49. The van der Waals surface area contributed by atoms with Crippen molar-refractivity contribution in [3.8, 4) is 11.8 Å². The quantitative estimate of drug-likeness (QED) is 0.427. The summed E-state index contributed by atoms with van der Waals surface area (Å²) in [5.41, 5.74) is 0. The average molecular weight is 210 g/mol. The van der Waals surface area contributed by atoms with Crippen molar-refractivity contribution in [1.29, 1.82) is 0 Å². The molecular formula is C12H18O3. The summed E-state index contributed by atoms with van der Waals surface area (Å²) in [5, 5.41) is 9.71. The standard InChI is InChI=1S/C12H18O3/c1-2-15-12(14)9-8-11(13)10-6-4-3-5-7-10/h10-11,13H,2-7H2,1H3. The zero-order valence-electron chi connectivity index (χ0n) is 9.16. The number of esters is 1. The Hall–Kier alpha value is -1.01. The highest BCUT2D eigenvalue weighted by molar-refractivity contribution is 5.88. The smallest absolute Gasteiger partial charge is 0.384 e. The molecule has 3 heteroatoms. The molecule has 0 aromatic rings. The van der Waals surface area contributed by atoms with Crippen LogP contribution in [-0.4, -0.2) is 23.8 Å². The van der Waals surface area contributed by atoms with Crippen molar-refractivity contribution < 1.29 is 14.6 Å². The van der Waals surface area contributed by atoms with Gasteiger partial charge in [0.2, 0.25) is 0 Å². The van der Waals surface area contributed by atoms with Gasteiger partial charge in [-0.3, -0.25) is 0 Å². The molecule has 0 saturated heterocycles. The van der Waals surface area contributed by atoms with Crippen LogP contribution in [0.5, 0.6) is 0 Å². The second kappa shape index (κ2) is 6.47. The zero-order valence-corrected chi connectivity index (χ0v) is 9.16. The van der Waals surface area contributed by atoms with Crippen LogP contribution < -0.4 is 0 Å². The largest absolute Gasteiger partial charge is 0.456 e. The van der Waals surface area contributed by atoms with Gasteiger partial charge in [-0.15, -0.1) is 0 Å². The number of ether oxygens (including phenoxy) is 1. The van der Waals surface area contributed by atoms with Gasteiger partial charge in [0.1, 0.15) is 6.10 Å². The van der Waals surface area contributed by atoms with E-state index >= 15 is 0 Å². The lowest BCUT2D eigenvalue weighted by atomic mass is 9.85. The summed E-state index contributed by atoms with van der Waals surface area (Å²) in [6.07, 6.45) is 4.91. The molecule has 0 aromatic heterocycles. The van der Waals surface area contributed by atoms with E-state index in [9.17, 15) is 9.90 Å². The maximum absolute atomic E-state index is 10.9. The highest BCUT2D eigenvalue weighted by Gasteiger charge is 2.19. The minimum absolute atomic E-state index is 0.237. The first-order valence-corrected chi connectivity index (χ1v) is 5.60. The van der Waals surface area contributed by atoms with E-state index in [1.807, 2.05) is 0 Å². The monoisotopic (exact) mass is 210 g/mol. The molecule has 1 rings (SSSR count). The van der Waals surface area contributed by atoms with Crippen LogP contribution in [0.25, 0.3) is 0 Å². The summed E-state index contributed by atoms with van der Waals surface area (Å²) < 4.78 is 4.66. The van der Waals surface area contributed by atoms with Crippen molar-refractivity contribution >= 4 is 5.97 Å². The van der Waals surface area contributed by atoms with Crippen molar-refractivity contribution in [1.82, 2.24) is 0 Å². The second-order valence-corrected chi connectivity index (χ2v) is 3.83. The maximum Gasteiger partial charge on any atom is 0.384 e. The number of hydrogen-bond donors (Lipinski definition) is 1. The van der Waals surface area contributed by atoms with Crippen LogP contribution in [0, 0.1) is 17.8 Å². The van der Waals surface area contributed by atoms with Crippen molar-refractivity contribution in [2.24, 2.45) is 5.92 Å². The van der Waals surface area contributed by atoms with Crippen molar-refractivity contribution in [2.75, 3.05) is 6.61 Å². The number of aliphatic hydroxyl groups excluding tert-OH is 1. The third-order valence-electron chi connectivity index (χ3n) is 2.69. The number of aliphatic hydroxyl groups is 1. The van der Waals surface area contributed by atoms with Crippen LogP contribution in [0.4, 0.5) is 0 Å². The summed E-state index contributed by atoms with van der Waals surface area (Å²) in [4.78, 5) is 10.9. The molecule has 1 unspecified atom stereocenters. The topological polar surface area (TPSA) is 46.5 Å². The lowest BCUT2D eigenvalue weighted by Crippen LogP contribution is -2.21. The molecule has 15 heavy (non-hydrogen) atoms. The Balaban J connectivity index is 2.38. The van der Waals surface area contributed by atoms with Crippen LogP contribution in [0.3, 0.4) is 0 Å². The molecule has 0 aliphatic heterocycles. The normalized spacial score (nSPS) is 18.8. The highest BCUT2D eigenvalue weighted by Crippen LogP contribution is 2.25. The van der Waals surface area contributed by atoms with Crippen molar-refractivity contribution in [3.63, 3.8) is 0 Å². The Morgan fingerprint density at radius 1 is 1.47 bits per heavy atom. The molecule has 0 heterocycles. The van der Waals surface area contributed by atoms with E-state index in [0.29, 0.717) is 6.61 Å². The molecule has 1 aliphatic rings. The Labute approximate surface area is 90.8 Å². The minimum Gasteiger partial charge on any atom is -0.456 e. The van der Waals surface area contributed by atoms with Gasteiger partial charge in [-0.25, -0.2) is 4.79 Å². The van der Waals surface area contributed by atoms with E-state index in [1.54, 1.807) is 6.92 Å². The molecule has 1 fully saturated rings. The van der Waals surface area contributed by atoms with Gasteiger partial charge in [-0.05, 0) is 25.7 Å². The molecule has 3 nitrogen and oxygen atoms in total.